The van der Waals surface area contributed by atoms with Gasteiger partial charge in [-0.15, -0.1) is 0 Å². The van der Waals surface area contributed by atoms with Crippen LogP contribution in [0.5, 0.6) is 0 Å². The molecule has 0 radical (unpaired) electrons. The van der Waals surface area contributed by atoms with E-state index >= 15 is 0 Å². The first-order valence-electron chi connectivity index (χ1n) is 7.13. The number of aromatic nitrogens is 2. The maximum atomic E-state index is 12.1. The SMILES string of the molecule is CC(=O)c1ccc(NC(=O)c2cnc(NC3CC3)nc2)cc1. The fraction of sp³-hybridized carbons (Fsp3) is 0.250. The first kappa shape index (κ1) is 14.2. The third kappa shape index (κ3) is 3.46. The van der Waals surface area contributed by atoms with Gasteiger partial charge in [0.25, 0.3) is 5.91 Å². The number of amides is 1. The lowest BCUT2D eigenvalue weighted by atomic mass is 10.1. The Kier molecular flexibility index (Phi) is 3.82. The average Bonchev–Trinajstić information content (AvgIpc) is 3.32. The summed E-state index contributed by atoms with van der Waals surface area (Å²) < 4.78 is 0. The molecule has 6 heteroatoms. The Morgan fingerprint density at radius 3 is 2.23 bits per heavy atom. The van der Waals surface area contributed by atoms with Gasteiger partial charge in [0.05, 0.1) is 5.56 Å². The van der Waals surface area contributed by atoms with Crippen LogP contribution in [0.4, 0.5) is 11.6 Å². The summed E-state index contributed by atoms with van der Waals surface area (Å²) in [5.74, 6) is 0.253. The summed E-state index contributed by atoms with van der Waals surface area (Å²) in [7, 11) is 0. The van der Waals surface area contributed by atoms with Crippen molar-refractivity contribution in [1.29, 1.82) is 0 Å². The summed E-state index contributed by atoms with van der Waals surface area (Å²) in [6.45, 7) is 1.50. The number of carbonyl (C=O) groups excluding carboxylic acids is 2. The lowest BCUT2D eigenvalue weighted by molar-refractivity contribution is 0.101. The van der Waals surface area contributed by atoms with Crippen molar-refractivity contribution in [3.63, 3.8) is 0 Å². The van der Waals surface area contributed by atoms with E-state index in [4.69, 9.17) is 0 Å². The van der Waals surface area contributed by atoms with Crippen molar-refractivity contribution in [1.82, 2.24) is 9.97 Å². The van der Waals surface area contributed by atoms with Gasteiger partial charge in [-0.05, 0) is 44.0 Å². The molecule has 2 N–H and O–H groups in total. The Bertz CT molecular complexity index is 691. The van der Waals surface area contributed by atoms with Gasteiger partial charge in [0, 0.05) is 29.7 Å². The van der Waals surface area contributed by atoms with Crippen LogP contribution in [0.2, 0.25) is 0 Å². The lowest BCUT2D eigenvalue weighted by Crippen LogP contribution is -2.14. The highest BCUT2D eigenvalue weighted by Crippen LogP contribution is 2.22. The van der Waals surface area contributed by atoms with Gasteiger partial charge in [0.1, 0.15) is 0 Å². The van der Waals surface area contributed by atoms with Crippen LogP contribution in [0.15, 0.2) is 36.7 Å². The number of carbonyl (C=O) groups is 2. The summed E-state index contributed by atoms with van der Waals surface area (Å²) >= 11 is 0. The van der Waals surface area contributed by atoms with Crippen LogP contribution in [-0.2, 0) is 0 Å². The van der Waals surface area contributed by atoms with Crippen LogP contribution >= 0.6 is 0 Å². The fourth-order valence-electron chi connectivity index (χ4n) is 1.92. The zero-order valence-corrected chi connectivity index (χ0v) is 12.2. The van der Waals surface area contributed by atoms with Crippen LogP contribution in [0.25, 0.3) is 0 Å². The van der Waals surface area contributed by atoms with Gasteiger partial charge in [-0.3, -0.25) is 9.59 Å². The van der Waals surface area contributed by atoms with Gasteiger partial charge in [0.15, 0.2) is 5.78 Å². The molecule has 1 aromatic heterocycles. The molecule has 1 aliphatic carbocycles. The summed E-state index contributed by atoms with van der Waals surface area (Å²) in [6, 6.07) is 7.21. The fourth-order valence-corrected chi connectivity index (χ4v) is 1.92. The minimum Gasteiger partial charge on any atom is -0.351 e. The molecule has 0 atom stereocenters. The second kappa shape index (κ2) is 5.93. The number of hydrogen-bond donors (Lipinski definition) is 2. The molecule has 0 bridgehead atoms. The molecule has 1 aliphatic rings. The molecule has 0 aliphatic heterocycles. The molecule has 0 saturated heterocycles. The molecule has 0 spiro atoms. The maximum absolute atomic E-state index is 12.1. The molecule has 0 unspecified atom stereocenters. The van der Waals surface area contributed by atoms with E-state index < -0.39 is 0 Å². The zero-order chi connectivity index (χ0) is 15.5. The van der Waals surface area contributed by atoms with E-state index in [0.29, 0.717) is 28.8 Å². The summed E-state index contributed by atoms with van der Waals surface area (Å²) in [4.78, 5) is 31.6. The molecule has 1 aromatic carbocycles. The van der Waals surface area contributed by atoms with E-state index in [1.54, 1.807) is 24.3 Å². The normalized spacial score (nSPS) is 13.5. The first-order valence-corrected chi connectivity index (χ1v) is 7.13. The molecule has 1 heterocycles. The second-order valence-electron chi connectivity index (χ2n) is 5.30. The van der Waals surface area contributed by atoms with Crippen LogP contribution < -0.4 is 10.6 Å². The Morgan fingerprint density at radius 2 is 1.68 bits per heavy atom. The Balaban J connectivity index is 1.64. The topological polar surface area (TPSA) is 84.0 Å². The quantitative estimate of drug-likeness (QED) is 0.828. The zero-order valence-electron chi connectivity index (χ0n) is 12.2. The van der Waals surface area contributed by atoms with Gasteiger partial charge in [-0.2, -0.15) is 0 Å². The molecule has 6 nitrogen and oxygen atoms in total. The predicted molar refractivity (Wildman–Crippen MR) is 83.1 cm³/mol. The van der Waals surface area contributed by atoms with Crippen molar-refractivity contribution in [2.24, 2.45) is 0 Å². The number of nitrogens with one attached hydrogen (secondary N) is 2. The minimum atomic E-state index is -0.284. The number of nitrogens with zero attached hydrogens (tertiary/aromatic N) is 2. The van der Waals surface area contributed by atoms with Crippen molar-refractivity contribution < 1.29 is 9.59 Å². The van der Waals surface area contributed by atoms with Crippen molar-refractivity contribution in [3.05, 3.63) is 47.8 Å². The van der Waals surface area contributed by atoms with E-state index in [9.17, 15) is 9.59 Å². The largest absolute Gasteiger partial charge is 0.351 e. The molecule has 3 rings (SSSR count). The number of hydrogen-bond acceptors (Lipinski definition) is 5. The van der Waals surface area contributed by atoms with Gasteiger partial charge in [-0.1, -0.05) is 0 Å². The van der Waals surface area contributed by atoms with Crippen LogP contribution in [0, 0.1) is 0 Å². The summed E-state index contributed by atoms with van der Waals surface area (Å²) in [6.07, 6.45) is 5.28. The van der Waals surface area contributed by atoms with Crippen LogP contribution in [-0.4, -0.2) is 27.7 Å². The highest BCUT2D eigenvalue weighted by molar-refractivity contribution is 6.04. The van der Waals surface area contributed by atoms with Gasteiger partial charge >= 0.3 is 0 Å². The first-order chi connectivity index (χ1) is 10.6. The molecule has 1 saturated carbocycles. The summed E-state index contributed by atoms with van der Waals surface area (Å²) in [5.41, 5.74) is 1.61. The molecule has 2 aromatic rings. The molecule has 1 amide bonds. The van der Waals surface area contributed by atoms with Crippen LogP contribution in [0.1, 0.15) is 40.5 Å². The monoisotopic (exact) mass is 296 g/mol. The van der Waals surface area contributed by atoms with Crippen molar-refractivity contribution >= 4 is 23.3 Å². The third-order valence-electron chi connectivity index (χ3n) is 3.37. The van der Waals surface area contributed by atoms with E-state index in [2.05, 4.69) is 20.6 Å². The lowest BCUT2D eigenvalue weighted by Gasteiger charge is -2.06. The highest BCUT2D eigenvalue weighted by Gasteiger charge is 2.21. The van der Waals surface area contributed by atoms with E-state index in [1.165, 1.54) is 19.3 Å². The van der Waals surface area contributed by atoms with E-state index in [-0.39, 0.29) is 11.7 Å². The second-order valence-corrected chi connectivity index (χ2v) is 5.30. The molecule has 1 fully saturated rings. The average molecular weight is 296 g/mol. The number of rotatable bonds is 5. The number of Topliss-reactive ketones (excluding diaryl/α,β-unsaturated/α-hetero) is 1. The minimum absolute atomic E-state index is 0.00923. The van der Waals surface area contributed by atoms with Gasteiger partial charge in [-0.25, -0.2) is 9.97 Å². The summed E-state index contributed by atoms with van der Waals surface area (Å²) in [5, 5.41) is 5.91. The number of ketones is 1. The Morgan fingerprint density at radius 1 is 1.05 bits per heavy atom. The molecular formula is C16H16N4O2. The maximum Gasteiger partial charge on any atom is 0.258 e. The number of anilines is 2. The molecular weight excluding hydrogens is 280 g/mol. The highest BCUT2D eigenvalue weighted by atomic mass is 16.1. The van der Waals surface area contributed by atoms with Crippen molar-refractivity contribution in [3.8, 4) is 0 Å². The van der Waals surface area contributed by atoms with Crippen molar-refractivity contribution in [2.45, 2.75) is 25.8 Å². The van der Waals surface area contributed by atoms with E-state index in [0.717, 1.165) is 12.8 Å². The van der Waals surface area contributed by atoms with E-state index in [1.807, 2.05) is 0 Å². The number of benzene rings is 1. The molecule has 112 valence electrons. The van der Waals surface area contributed by atoms with Crippen LogP contribution in [0.3, 0.4) is 0 Å². The standard InChI is InChI=1S/C16H16N4O2/c1-10(21)11-2-4-13(5-3-11)19-15(22)12-8-17-16(18-9-12)20-14-6-7-14/h2-5,8-9,14H,6-7H2,1H3,(H,19,22)(H,17,18,20). The molecule has 22 heavy (non-hydrogen) atoms. The van der Waals surface area contributed by atoms with Crippen molar-refractivity contribution in [2.75, 3.05) is 10.6 Å². The third-order valence-corrected chi connectivity index (χ3v) is 3.37. The van der Waals surface area contributed by atoms with Gasteiger partial charge in [0.2, 0.25) is 5.95 Å². The Hall–Kier alpha value is -2.76. The predicted octanol–water partition coefficient (Wildman–Crippen LogP) is 2.51. The van der Waals surface area contributed by atoms with Gasteiger partial charge < -0.3 is 10.6 Å². The smallest absolute Gasteiger partial charge is 0.258 e. The Labute approximate surface area is 128 Å².